The fourth-order valence-corrected chi connectivity index (χ4v) is 3.92. The highest BCUT2D eigenvalue weighted by Crippen LogP contribution is 2.24. The zero-order valence-corrected chi connectivity index (χ0v) is 17.8. The molecule has 2 rings (SSSR count). The van der Waals surface area contributed by atoms with E-state index in [2.05, 4.69) is 10.0 Å². The minimum atomic E-state index is -3.57. The quantitative estimate of drug-likeness (QED) is 0.701. The molecule has 2 unspecified atom stereocenters. The molecule has 0 aliphatic carbocycles. The molecule has 0 aliphatic rings. The van der Waals surface area contributed by atoms with Crippen molar-refractivity contribution >= 4 is 21.6 Å². The fourth-order valence-electron chi connectivity index (χ4n) is 2.59. The van der Waals surface area contributed by atoms with Crippen LogP contribution in [0.25, 0.3) is 0 Å². The van der Waals surface area contributed by atoms with Gasteiger partial charge in [0.15, 0.2) is 6.10 Å². The van der Waals surface area contributed by atoms with Gasteiger partial charge in [-0.25, -0.2) is 13.1 Å². The molecule has 152 valence electrons. The molecule has 7 heteroatoms. The summed E-state index contributed by atoms with van der Waals surface area (Å²) in [5.74, 6) is 0.388. The number of carbonyl (C=O) groups is 1. The van der Waals surface area contributed by atoms with Gasteiger partial charge in [0.25, 0.3) is 5.91 Å². The Morgan fingerprint density at radius 3 is 2.14 bits per heavy atom. The van der Waals surface area contributed by atoms with Crippen LogP contribution in [0.2, 0.25) is 0 Å². The van der Waals surface area contributed by atoms with Crippen molar-refractivity contribution in [1.29, 1.82) is 0 Å². The molecular weight excluding hydrogens is 376 g/mol. The van der Waals surface area contributed by atoms with Crippen molar-refractivity contribution in [2.75, 3.05) is 5.32 Å². The number of ether oxygens (including phenoxy) is 1. The topological polar surface area (TPSA) is 84.5 Å². The van der Waals surface area contributed by atoms with Crippen molar-refractivity contribution in [2.24, 2.45) is 0 Å². The molecule has 2 atom stereocenters. The Bertz CT molecular complexity index is 904. The maximum absolute atomic E-state index is 12.4. The van der Waals surface area contributed by atoms with E-state index in [1.807, 2.05) is 45.9 Å². The van der Waals surface area contributed by atoms with Crippen molar-refractivity contribution in [3.8, 4) is 5.75 Å². The van der Waals surface area contributed by atoms with Crippen LogP contribution in [0, 0.1) is 13.8 Å². The first-order valence-corrected chi connectivity index (χ1v) is 10.8. The second-order valence-corrected chi connectivity index (χ2v) is 8.64. The SMILES string of the molecule is CCC(C)NS(=O)(=O)c1ccc(NC(=O)C(C)Oc2c(C)cccc2C)cc1. The number of hydrogen-bond donors (Lipinski definition) is 2. The van der Waals surface area contributed by atoms with Gasteiger partial charge in [0.2, 0.25) is 10.0 Å². The first kappa shape index (κ1) is 21.9. The van der Waals surface area contributed by atoms with Gasteiger partial charge in [-0.15, -0.1) is 0 Å². The highest BCUT2D eigenvalue weighted by molar-refractivity contribution is 7.89. The van der Waals surface area contributed by atoms with Crippen molar-refractivity contribution < 1.29 is 17.9 Å². The lowest BCUT2D eigenvalue weighted by atomic mass is 10.1. The van der Waals surface area contributed by atoms with Crippen LogP contribution in [0.3, 0.4) is 0 Å². The molecule has 1 amide bonds. The molecule has 0 heterocycles. The Morgan fingerprint density at radius 1 is 1.04 bits per heavy atom. The molecule has 0 aromatic heterocycles. The molecule has 2 N–H and O–H groups in total. The van der Waals surface area contributed by atoms with E-state index >= 15 is 0 Å². The summed E-state index contributed by atoms with van der Waals surface area (Å²) in [5, 5.41) is 2.75. The van der Waals surface area contributed by atoms with Crippen molar-refractivity contribution in [3.63, 3.8) is 0 Å². The number of anilines is 1. The lowest BCUT2D eigenvalue weighted by Crippen LogP contribution is -2.32. The lowest BCUT2D eigenvalue weighted by Gasteiger charge is -2.18. The van der Waals surface area contributed by atoms with Crippen molar-refractivity contribution in [2.45, 2.75) is 58.1 Å². The van der Waals surface area contributed by atoms with E-state index in [4.69, 9.17) is 4.74 Å². The predicted molar refractivity (Wildman–Crippen MR) is 111 cm³/mol. The molecule has 2 aromatic rings. The Kier molecular flexibility index (Phi) is 7.21. The molecule has 2 aromatic carbocycles. The van der Waals surface area contributed by atoms with E-state index in [1.165, 1.54) is 12.1 Å². The Labute approximate surface area is 167 Å². The first-order valence-electron chi connectivity index (χ1n) is 9.30. The average Bonchev–Trinajstić information content (AvgIpc) is 2.64. The van der Waals surface area contributed by atoms with Crippen LogP contribution in [0.4, 0.5) is 5.69 Å². The third-order valence-corrected chi connectivity index (χ3v) is 6.08. The van der Waals surface area contributed by atoms with E-state index in [0.717, 1.165) is 11.1 Å². The minimum Gasteiger partial charge on any atom is -0.480 e. The molecule has 0 fully saturated rings. The number of benzene rings is 2. The van der Waals surface area contributed by atoms with Crippen LogP contribution in [0.15, 0.2) is 47.4 Å². The van der Waals surface area contributed by atoms with E-state index in [9.17, 15) is 13.2 Å². The smallest absolute Gasteiger partial charge is 0.265 e. The second kappa shape index (κ2) is 9.21. The summed E-state index contributed by atoms with van der Waals surface area (Å²) in [6, 6.07) is 11.7. The zero-order chi connectivity index (χ0) is 20.9. The van der Waals surface area contributed by atoms with E-state index in [1.54, 1.807) is 19.1 Å². The molecule has 0 bridgehead atoms. The number of nitrogens with one attached hydrogen (secondary N) is 2. The Hall–Kier alpha value is -2.38. The summed E-state index contributed by atoms with van der Waals surface area (Å²) < 4.78 is 33.0. The first-order chi connectivity index (χ1) is 13.1. The van der Waals surface area contributed by atoms with Gasteiger partial charge >= 0.3 is 0 Å². The molecule has 6 nitrogen and oxygen atoms in total. The van der Waals surface area contributed by atoms with Crippen LogP contribution in [-0.4, -0.2) is 26.5 Å². The van der Waals surface area contributed by atoms with E-state index in [0.29, 0.717) is 17.9 Å². The van der Waals surface area contributed by atoms with E-state index in [-0.39, 0.29) is 16.8 Å². The Morgan fingerprint density at radius 2 is 1.61 bits per heavy atom. The van der Waals surface area contributed by atoms with Gasteiger partial charge in [0.1, 0.15) is 5.75 Å². The highest BCUT2D eigenvalue weighted by Gasteiger charge is 2.19. The lowest BCUT2D eigenvalue weighted by molar-refractivity contribution is -0.122. The molecule has 0 saturated carbocycles. The third-order valence-electron chi connectivity index (χ3n) is 4.47. The van der Waals surface area contributed by atoms with Gasteiger partial charge in [-0.1, -0.05) is 25.1 Å². The van der Waals surface area contributed by atoms with Crippen LogP contribution in [-0.2, 0) is 14.8 Å². The minimum absolute atomic E-state index is 0.146. The fraction of sp³-hybridized carbons (Fsp3) is 0.381. The van der Waals surface area contributed by atoms with Gasteiger partial charge in [-0.2, -0.15) is 0 Å². The van der Waals surface area contributed by atoms with Gasteiger partial charge in [-0.05, 0) is 69.5 Å². The number of amides is 1. The molecule has 0 spiro atoms. The maximum atomic E-state index is 12.4. The molecule has 0 radical (unpaired) electrons. The zero-order valence-electron chi connectivity index (χ0n) is 16.9. The average molecular weight is 405 g/mol. The van der Waals surface area contributed by atoms with Crippen molar-refractivity contribution in [3.05, 3.63) is 53.6 Å². The molecule has 0 saturated heterocycles. The Balaban J connectivity index is 2.04. The van der Waals surface area contributed by atoms with Crippen LogP contribution < -0.4 is 14.8 Å². The van der Waals surface area contributed by atoms with Crippen LogP contribution in [0.5, 0.6) is 5.75 Å². The summed E-state index contributed by atoms with van der Waals surface area (Å²) in [5.41, 5.74) is 2.43. The normalized spacial score (nSPS) is 13.6. The number of rotatable bonds is 8. The standard InChI is InChI=1S/C21H28N2O4S/c1-6-16(4)23-28(25,26)19-12-10-18(11-13-19)22-21(24)17(5)27-20-14(2)8-7-9-15(20)3/h7-13,16-17,23H,6H2,1-5H3,(H,22,24). The van der Waals surface area contributed by atoms with Gasteiger partial charge < -0.3 is 10.1 Å². The highest BCUT2D eigenvalue weighted by atomic mass is 32.2. The van der Waals surface area contributed by atoms with Gasteiger partial charge in [-0.3, -0.25) is 4.79 Å². The number of sulfonamides is 1. The predicted octanol–water partition coefficient (Wildman–Crippen LogP) is 3.79. The molecule has 0 aliphatic heterocycles. The summed E-state index contributed by atoms with van der Waals surface area (Å²) in [6.07, 6.45) is 0.00121. The molecular formula is C21H28N2O4S. The molecule has 28 heavy (non-hydrogen) atoms. The van der Waals surface area contributed by atoms with Gasteiger partial charge in [0, 0.05) is 11.7 Å². The summed E-state index contributed by atoms with van der Waals surface area (Å²) in [6.45, 7) is 9.26. The monoisotopic (exact) mass is 404 g/mol. The summed E-state index contributed by atoms with van der Waals surface area (Å²) in [7, 11) is -3.57. The van der Waals surface area contributed by atoms with Crippen LogP contribution in [0.1, 0.15) is 38.3 Å². The number of hydrogen-bond acceptors (Lipinski definition) is 4. The number of para-hydroxylation sites is 1. The van der Waals surface area contributed by atoms with Gasteiger partial charge in [0.05, 0.1) is 4.90 Å². The van der Waals surface area contributed by atoms with Crippen LogP contribution >= 0.6 is 0 Å². The number of carbonyl (C=O) groups excluding carboxylic acids is 1. The maximum Gasteiger partial charge on any atom is 0.265 e. The van der Waals surface area contributed by atoms with Crippen molar-refractivity contribution in [1.82, 2.24) is 4.72 Å². The second-order valence-electron chi connectivity index (χ2n) is 6.93. The van der Waals surface area contributed by atoms with E-state index < -0.39 is 16.1 Å². The summed E-state index contributed by atoms with van der Waals surface area (Å²) >= 11 is 0. The number of aryl methyl sites for hydroxylation is 2. The largest absolute Gasteiger partial charge is 0.480 e. The third kappa shape index (κ3) is 5.56. The summed E-state index contributed by atoms with van der Waals surface area (Å²) in [4.78, 5) is 12.6.